The maximum atomic E-state index is 5.50. The Morgan fingerprint density at radius 1 is 1.47 bits per heavy atom. The Bertz CT molecular complexity index is 331. The molecule has 1 atom stereocenters. The van der Waals surface area contributed by atoms with Gasteiger partial charge in [0.25, 0.3) is 0 Å². The minimum Gasteiger partial charge on any atom is -0.369 e. The largest absolute Gasteiger partial charge is 0.369 e. The van der Waals surface area contributed by atoms with Crippen molar-refractivity contribution in [3.05, 3.63) is 22.9 Å². The highest BCUT2D eigenvalue weighted by Crippen LogP contribution is 2.25. The van der Waals surface area contributed by atoms with Crippen molar-refractivity contribution < 1.29 is 0 Å². The number of aliphatic imine (C=N–C) groups is 1. The van der Waals surface area contributed by atoms with Crippen LogP contribution < -0.4 is 11.1 Å². The molecule has 2 rings (SSSR count). The molecular weight excluding hydrogens is 202 g/mol. The van der Waals surface area contributed by atoms with Crippen LogP contribution in [-0.2, 0) is 0 Å². The zero-order valence-electron chi connectivity index (χ0n) is 9.29. The first kappa shape index (κ1) is 10.6. The number of nitrogens with two attached hydrogens (primary N) is 1. The number of fused-ring (bicyclic) bond motifs is 1. The molecule has 0 saturated heterocycles. The SMILES string of the molecule is C[SiH]1CN=C(NCCN)C2=CCCC=C21. The number of hydrogen-bond acceptors (Lipinski definition) is 3. The Hall–Kier alpha value is -0.873. The molecule has 0 fully saturated rings. The molecular formula is C11H19N3Si. The van der Waals surface area contributed by atoms with Gasteiger partial charge in [-0.2, -0.15) is 0 Å². The summed E-state index contributed by atoms with van der Waals surface area (Å²) in [6.07, 6.45) is 8.16. The van der Waals surface area contributed by atoms with E-state index in [4.69, 9.17) is 5.73 Å². The van der Waals surface area contributed by atoms with Gasteiger partial charge < -0.3 is 11.1 Å². The molecule has 0 spiro atoms. The first-order valence-electron chi connectivity index (χ1n) is 5.72. The molecule has 1 unspecified atom stereocenters. The molecule has 15 heavy (non-hydrogen) atoms. The monoisotopic (exact) mass is 221 g/mol. The summed E-state index contributed by atoms with van der Waals surface area (Å²) in [5, 5.41) is 4.94. The quantitative estimate of drug-likeness (QED) is 0.668. The van der Waals surface area contributed by atoms with Gasteiger partial charge >= 0.3 is 0 Å². The molecule has 1 aliphatic heterocycles. The van der Waals surface area contributed by atoms with Crippen LogP contribution in [0.1, 0.15) is 12.8 Å². The number of allylic oxidation sites excluding steroid dienone is 2. The topological polar surface area (TPSA) is 50.4 Å². The lowest BCUT2D eigenvalue weighted by molar-refractivity contribution is 0.867. The Labute approximate surface area is 92.8 Å². The fourth-order valence-electron chi connectivity index (χ4n) is 2.15. The second-order valence-electron chi connectivity index (χ2n) is 4.16. The molecule has 82 valence electrons. The number of amidine groups is 1. The van der Waals surface area contributed by atoms with E-state index >= 15 is 0 Å². The van der Waals surface area contributed by atoms with Crippen LogP contribution in [0.5, 0.6) is 0 Å². The first-order valence-corrected chi connectivity index (χ1v) is 8.27. The van der Waals surface area contributed by atoms with Crippen molar-refractivity contribution in [2.45, 2.75) is 19.4 Å². The van der Waals surface area contributed by atoms with Crippen molar-refractivity contribution in [1.82, 2.24) is 5.32 Å². The Morgan fingerprint density at radius 2 is 2.27 bits per heavy atom. The average Bonchev–Trinajstić information content (AvgIpc) is 2.29. The predicted octanol–water partition coefficient (Wildman–Crippen LogP) is 0.529. The van der Waals surface area contributed by atoms with Gasteiger partial charge in [-0.25, -0.2) is 0 Å². The van der Waals surface area contributed by atoms with E-state index in [9.17, 15) is 0 Å². The minimum atomic E-state index is -0.772. The fourth-order valence-corrected chi connectivity index (χ4v) is 4.16. The Kier molecular flexibility index (Phi) is 3.38. The number of hydrogen-bond donors (Lipinski definition) is 2. The summed E-state index contributed by atoms with van der Waals surface area (Å²) < 4.78 is 0. The van der Waals surface area contributed by atoms with Gasteiger partial charge in [-0.1, -0.05) is 23.9 Å². The van der Waals surface area contributed by atoms with Crippen LogP contribution in [0, 0.1) is 0 Å². The van der Waals surface area contributed by atoms with E-state index in [2.05, 4.69) is 29.0 Å². The highest BCUT2D eigenvalue weighted by atomic mass is 28.3. The lowest BCUT2D eigenvalue weighted by Crippen LogP contribution is -2.38. The van der Waals surface area contributed by atoms with E-state index in [1.54, 1.807) is 5.20 Å². The third-order valence-corrected chi connectivity index (χ3v) is 5.28. The molecule has 2 aliphatic rings. The normalized spacial score (nSPS) is 24.9. The molecule has 0 aromatic rings. The smallest absolute Gasteiger partial charge is 0.127 e. The predicted molar refractivity (Wildman–Crippen MR) is 67.8 cm³/mol. The summed E-state index contributed by atoms with van der Waals surface area (Å²) in [5.74, 6) is 1.08. The van der Waals surface area contributed by atoms with E-state index in [-0.39, 0.29) is 0 Å². The fraction of sp³-hybridized carbons (Fsp3) is 0.545. The molecule has 1 aliphatic carbocycles. The molecule has 4 heteroatoms. The van der Waals surface area contributed by atoms with Crippen LogP contribution in [0.15, 0.2) is 27.9 Å². The minimum absolute atomic E-state index is 0.665. The van der Waals surface area contributed by atoms with Gasteiger partial charge in [0.2, 0.25) is 0 Å². The highest BCUT2D eigenvalue weighted by Gasteiger charge is 2.24. The molecule has 0 saturated carbocycles. The molecule has 1 heterocycles. The summed E-state index contributed by atoms with van der Waals surface area (Å²) in [6, 6.07) is 0. The van der Waals surface area contributed by atoms with E-state index in [0.717, 1.165) is 25.0 Å². The second kappa shape index (κ2) is 4.77. The van der Waals surface area contributed by atoms with Crippen LogP contribution in [0.2, 0.25) is 6.55 Å². The molecule has 0 amide bonds. The Balaban J connectivity index is 2.18. The Morgan fingerprint density at radius 3 is 3.07 bits per heavy atom. The zero-order chi connectivity index (χ0) is 10.7. The maximum Gasteiger partial charge on any atom is 0.127 e. The standard InChI is InChI=1S/C11H19N3Si/c1-15-8-14-11(13-7-6-12)9-4-2-3-5-10(9)15/h4-5,15H,2-3,6-8,12H2,1H3,(H,13,14). The van der Waals surface area contributed by atoms with Crippen molar-refractivity contribution >= 4 is 14.6 Å². The summed E-state index contributed by atoms with van der Waals surface area (Å²) >= 11 is 0. The van der Waals surface area contributed by atoms with E-state index in [1.165, 1.54) is 12.0 Å². The molecule has 0 radical (unpaired) electrons. The van der Waals surface area contributed by atoms with E-state index < -0.39 is 8.80 Å². The third-order valence-electron chi connectivity index (χ3n) is 2.94. The van der Waals surface area contributed by atoms with Crippen LogP contribution >= 0.6 is 0 Å². The van der Waals surface area contributed by atoms with E-state index in [0.29, 0.717) is 6.54 Å². The van der Waals surface area contributed by atoms with E-state index in [1.807, 2.05) is 0 Å². The molecule has 3 nitrogen and oxygen atoms in total. The van der Waals surface area contributed by atoms with Gasteiger partial charge in [-0.3, -0.25) is 4.99 Å². The summed E-state index contributed by atoms with van der Waals surface area (Å²) in [6.45, 7) is 3.87. The average molecular weight is 221 g/mol. The highest BCUT2D eigenvalue weighted by molar-refractivity contribution is 6.68. The lowest BCUT2D eigenvalue weighted by atomic mass is 10.1. The third kappa shape index (κ3) is 2.21. The van der Waals surface area contributed by atoms with Gasteiger partial charge in [0, 0.05) is 24.8 Å². The molecule has 0 aromatic carbocycles. The number of nitrogens with zero attached hydrogens (tertiary/aromatic N) is 1. The zero-order valence-corrected chi connectivity index (χ0v) is 10.4. The van der Waals surface area contributed by atoms with Crippen molar-refractivity contribution in [3.63, 3.8) is 0 Å². The van der Waals surface area contributed by atoms with Crippen molar-refractivity contribution in [3.8, 4) is 0 Å². The number of rotatable bonds is 2. The maximum absolute atomic E-state index is 5.50. The van der Waals surface area contributed by atoms with Gasteiger partial charge in [0.05, 0.1) is 8.80 Å². The summed E-state index contributed by atoms with van der Waals surface area (Å²) in [5.41, 5.74) is 6.87. The van der Waals surface area contributed by atoms with Crippen LogP contribution in [0.4, 0.5) is 0 Å². The van der Waals surface area contributed by atoms with Crippen LogP contribution in [-0.4, -0.2) is 33.9 Å². The first-order chi connectivity index (χ1) is 7.33. The van der Waals surface area contributed by atoms with Gasteiger partial charge in [-0.05, 0) is 12.8 Å². The summed E-state index contributed by atoms with van der Waals surface area (Å²) in [7, 11) is -0.772. The van der Waals surface area contributed by atoms with Crippen molar-refractivity contribution in [2.24, 2.45) is 10.7 Å². The van der Waals surface area contributed by atoms with Gasteiger partial charge in [-0.15, -0.1) is 0 Å². The van der Waals surface area contributed by atoms with Crippen LogP contribution in [0.3, 0.4) is 0 Å². The van der Waals surface area contributed by atoms with Gasteiger partial charge in [0.1, 0.15) is 5.84 Å². The van der Waals surface area contributed by atoms with Crippen LogP contribution in [0.25, 0.3) is 0 Å². The lowest BCUT2D eigenvalue weighted by Gasteiger charge is -2.26. The summed E-state index contributed by atoms with van der Waals surface area (Å²) in [4.78, 5) is 4.63. The molecule has 0 bridgehead atoms. The van der Waals surface area contributed by atoms with Crippen molar-refractivity contribution in [1.29, 1.82) is 0 Å². The van der Waals surface area contributed by atoms with Gasteiger partial charge in [0.15, 0.2) is 0 Å². The second-order valence-corrected chi connectivity index (χ2v) is 6.95. The van der Waals surface area contributed by atoms with Crippen molar-refractivity contribution in [2.75, 3.05) is 19.3 Å². The molecule has 0 aromatic heterocycles. The number of nitrogens with one attached hydrogen (secondary N) is 1. The molecule has 3 N–H and O–H groups in total.